The van der Waals surface area contributed by atoms with Crippen molar-refractivity contribution >= 4 is 42.0 Å². The zero-order valence-electron chi connectivity index (χ0n) is 21.7. The Morgan fingerprint density at radius 2 is 1.73 bits per heavy atom. The lowest BCUT2D eigenvalue weighted by Crippen LogP contribution is -2.70. The van der Waals surface area contributed by atoms with Crippen LogP contribution in [0.1, 0.15) is 18.1 Å². The molecule has 0 aromatic heterocycles. The van der Waals surface area contributed by atoms with E-state index in [9.17, 15) is 24.0 Å². The Balaban J connectivity index is 1.60. The van der Waals surface area contributed by atoms with E-state index in [-0.39, 0.29) is 48.2 Å². The zero-order chi connectivity index (χ0) is 28.6. The van der Waals surface area contributed by atoms with Gasteiger partial charge in [0.05, 0.1) is 18.4 Å². The minimum absolute atomic E-state index is 0.0588. The molecule has 0 bridgehead atoms. The molecule has 11 nitrogen and oxygen atoms in total. The first-order valence-corrected chi connectivity index (χ1v) is 13.0. The molecule has 0 saturated carbocycles. The highest BCUT2D eigenvalue weighted by atomic mass is 32.2. The van der Waals surface area contributed by atoms with E-state index < -0.39 is 29.3 Å². The van der Waals surface area contributed by atoms with E-state index in [1.54, 1.807) is 48.5 Å². The topological polar surface area (TPSA) is 138 Å². The predicted molar refractivity (Wildman–Crippen MR) is 142 cm³/mol. The van der Waals surface area contributed by atoms with Gasteiger partial charge in [-0.2, -0.15) is 0 Å². The number of methoxy groups -OCH3 is 1. The van der Waals surface area contributed by atoms with E-state index in [0.29, 0.717) is 11.3 Å². The van der Waals surface area contributed by atoms with Gasteiger partial charge in [0.25, 0.3) is 12.4 Å². The van der Waals surface area contributed by atoms with E-state index in [4.69, 9.17) is 18.9 Å². The molecule has 0 radical (unpaired) electrons. The van der Waals surface area contributed by atoms with Crippen molar-refractivity contribution in [1.82, 2.24) is 10.2 Å². The molecule has 1 N–H and O–H groups in total. The number of nitrogens with zero attached hydrogens (tertiary/aromatic N) is 1. The summed E-state index contributed by atoms with van der Waals surface area (Å²) < 4.78 is 20.6. The third-order valence-electron chi connectivity index (χ3n) is 6.01. The van der Waals surface area contributed by atoms with Crippen LogP contribution in [0, 0.1) is 0 Å². The average molecular weight is 567 g/mol. The molecule has 2 aliphatic rings. The quantitative estimate of drug-likeness (QED) is 0.142. The van der Waals surface area contributed by atoms with Crippen LogP contribution in [0.5, 0.6) is 5.75 Å². The molecular formula is C28H26N2O9S. The van der Waals surface area contributed by atoms with Crippen LogP contribution in [-0.4, -0.2) is 60.3 Å². The van der Waals surface area contributed by atoms with Gasteiger partial charge in [0, 0.05) is 12.5 Å². The van der Waals surface area contributed by atoms with Crippen LogP contribution in [0.25, 0.3) is 0 Å². The number of β-lactam (4-membered cyclic amide) rings is 1. The van der Waals surface area contributed by atoms with E-state index in [2.05, 4.69) is 5.32 Å². The number of rotatable bonds is 11. The van der Waals surface area contributed by atoms with Crippen LogP contribution in [0.2, 0.25) is 0 Å². The maximum absolute atomic E-state index is 13.4. The van der Waals surface area contributed by atoms with Gasteiger partial charge in [-0.15, -0.1) is 0 Å². The third-order valence-corrected chi connectivity index (χ3v) is 7.33. The molecule has 2 amide bonds. The first-order chi connectivity index (χ1) is 19.3. The molecule has 4 rings (SSSR count). The molecule has 0 aliphatic carbocycles. The van der Waals surface area contributed by atoms with Crippen LogP contribution in [0.15, 0.2) is 77.0 Å². The minimum Gasteiger partial charge on any atom is -0.497 e. The van der Waals surface area contributed by atoms with Crippen molar-refractivity contribution in [1.29, 1.82) is 0 Å². The smallest absolute Gasteiger partial charge is 0.355 e. The minimum atomic E-state index is -0.958. The maximum atomic E-state index is 13.4. The van der Waals surface area contributed by atoms with Gasteiger partial charge in [0.1, 0.15) is 42.3 Å². The molecule has 2 aromatic rings. The Labute approximate surface area is 234 Å². The lowest BCUT2D eigenvalue weighted by atomic mass is 10.0. The largest absolute Gasteiger partial charge is 0.497 e. The zero-order valence-corrected chi connectivity index (χ0v) is 22.5. The summed E-state index contributed by atoms with van der Waals surface area (Å²) in [4.78, 5) is 63.4. The van der Waals surface area contributed by atoms with Gasteiger partial charge in [-0.3, -0.25) is 24.1 Å². The van der Waals surface area contributed by atoms with E-state index >= 15 is 0 Å². The van der Waals surface area contributed by atoms with Crippen LogP contribution in [0.3, 0.4) is 0 Å². The standard InChI is InChI=1S/C28H26N2O9S/c1-17(32)38-14-21-22(15-37-16-31)40-27-24(29-23(33)12-18-6-4-3-5-7-18)26(34)30(27)25(21)28(35)39-13-19-8-10-20(36-2)11-9-19/h3-11,15-16,24,27H,12-14H2,1-2H3,(H,29,33)/b22-15+/t24?,27-/m1/s1. The fraction of sp³-hybridized carbons (Fsp3) is 0.250. The highest BCUT2D eigenvalue weighted by molar-refractivity contribution is 8.04. The molecular weight excluding hydrogens is 540 g/mol. The van der Waals surface area contributed by atoms with Crippen molar-refractivity contribution in [3.05, 3.63) is 88.2 Å². The first kappa shape index (κ1) is 28.4. The van der Waals surface area contributed by atoms with E-state index in [1.807, 2.05) is 6.07 Å². The second kappa shape index (κ2) is 13.0. The fourth-order valence-electron chi connectivity index (χ4n) is 4.09. The molecule has 1 fully saturated rings. The Kier molecular flexibility index (Phi) is 9.23. The van der Waals surface area contributed by atoms with E-state index in [0.717, 1.165) is 23.6 Å². The molecule has 12 heteroatoms. The number of nitrogens with one attached hydrogen (secondary N) is 1. The molecule has 2 heterocycles. The monoisotopic (exact) mass is 566 g/mol. The van der Waals surface area contributed by atoms with Gasteiger partial charge >= 0.3 is 11.9 Å². The number of benzene rings is 2. The Bertz CT molecular complexity index is 1360. The third kappa shape index (κ3) is 6.52. The Hall–Kier alpha value is -4.58. The molecule has 40 heavy (non-hydrogen) atoms. The summed E-state index contributed by atoms with van der Waals surface area (Å²) in [7, 11) is 1.53. The average Bonchev–Trinajstić information content (AvgIpc) is 2.96. The van der Waals surface area contributed by atoms with Crippen LogP contribution < -0.4 is 10.1 Å². The van der Waals surface area contributed by atoms with Crippen molar-refractivity contribution in [2.24, 2.45) is 0 Å². The van der Waals surface area contributed by atoms with Crippen molar-refractivity contribution in [2.75, 3.05) is 13.7 Å². The summed E-state index contributed by atoms with van der Waals surface area (Å²) in [5, 5.41) is 1.99. The molecule has 2 aliphatic heterocycles. The van der Waals surface area contributed by atoms with Gasteiger partial charge in [0.15, 0.2) is 0 Å². The Morgan fingerprint density at radius 3 is 2.38 bits per heavy atom. The highest BCUT2D eigenvalue weighted by Crippen LogP contribution is 2.47. The normalized spacial score (nSPS) is 18.8. The first-order valence-electron chi connectivity index (χ1n) is 12.1. The number of carbonyl (C=O) groups is 5. The van der Waals surface area contributed by atoms with Crippen molar-refractivity contribution in [2.45, 2.75) is 31.4 Å². The Morgan fingerprint density at radius 1 is 1.00 bits per heavy atom. The lowest BCUT2D eigenvalue weighted by molar-refractivity contribution is -0.153. The predicted octanol–water partition coefficient (Wildman–Crippen LogP) is 2.21. The second-order valence-electron chi connectivity index (χ2n) is 8.67. The van der Waals surface area contributed by atoms with Gasteiger partial charge in [-0.25, -0.2) is 4.79 Å². The van der Waals surface area contributed by atoms with Gasteiger partial charge in [-0.1, -0.05) is 54.2 Å². The van der Waals surface area contributed by atoms with Crippen LogP contribution in [0.4, 0.5) is 0 Å². The van der Waals surface area contributed by atoms with Crippen molar-refractivity contribution < 1.29 is 42.9 Å². The number of amides is 2. The number of hydrogen-bond acceptors (Lipinski definition) is 10. The van der Waals surface area contributed by atoms with Gasteiger partial charge < -0.3 is 24.3 Å². The summed E-state index contributed by atoms with van der Waals surface area (Å²) in [6.45, 7) is 0.883. The molecule has 1 unspecified atom stereocenters. The summed E-state index contributed by atoms with van der Waals surface area (Å²) in [5.74, 6) is -1.77. The molecule has 2 atom stereocenters. The van der Waals surface area contributed by atoms with Crippen molar-refractivity contribution in [3.8, 4) is 5.75 Å². The SMILES string of the molecule is COc1ccc(COC(=O)C2=C(COC(C)=O)/C(=C\OC=O)S[C@@H]3C(NC(=O)Cc4ccccc4)C(=O)N23)cc1. The summed E-state index contributed by atoms with van der Waals surface area (Å²) in [6, 6.07) is 14.9. The molecule has 208 valence electrons. The summed E-state index contributed by atoms with van der Waals surface area (Å²) in [6.07, 6.45) is 1.15. The molecule has 0 spiro atoms. The van der Waals surface area contributed by atoms with Crippen molar-refractivity contribution in [3.63, 3.8) is 0 Å². The van der Waals surface area contributed by atoms with Gasteiger partial charge in [0.2, 0.25) is 5.91 Å². The van der Waals surface area contributed by atoms with Crippen LogP contribution in [-0.2, 0) is 51.2 Å². The lowest BCUT2D eigenvalue weighted by Gasteiger charge is -2.50. The van der Waals surface area contributed by atoms with Crippen LogP contribution >= 0.6 is 11.8 Å². The summed E-state index contributed by atoms with van der Waals surface area (Å²) >= 11 is 1.08. The molecule has 2 aromatic carbocycles. The highest BCUT2D eigenvalue weighted by Gasteiger charge is 2.55. The molecule has 1 saturated heterocycles. The number of thioether (sulfide) groups is 1. The fourth-order valence-corrected chi connectivity index (χ4v) is 5.39. The maximum Gasteiger partial charge on any atom is 0.355 e. The number of carbonyl (C=O) groups excluding carboxylic acids is 5. The number of esters is 2. The number of ether oxygens (including phenoxy) is 4. The van der Waals surface area contributed by atoms with E-state index in [1.165, 1.54) is 18.9 Å². The summed E-state index contributed by atoms with van der Waals surface area (Å²) in [5.41, 5.74) is 1.39. The second-order valence-corrected chi connectivity index (χ2v) is 9.83. The number of hydrogen-bond donors (Lipinski definition) is 1. The number of fused-ring (bicyclic) bond motifs is 1. The van der Waals surface area contributed by atoms with Gasteiger partial charge in [-0.05, 0) is 23.3 Å².